The molecule has 2 aromatic rings. The van der Waals surface area contributed by atoms with Gasteiger partial charge in [0, 0.05) is 10.9 Å². The number of thiophene rings is 1. The first-order chi connectivity index (χ1) is 15.4. The number of nitrogens with one attached hydrogen (secondary N) is 1. The Hall–Kier alpha value is -2.93. The van der Waals surface area contributed by atoms with Gasteiger partial charge in [0.1, 0.15) is 10.6 Å². The van der Waals surface area contributed by atoms with Crippen LogP contribution < -0.4 is 5.32 Å². The number of esters is 1. The maximum Gasteiger partial charge on any atom is 0.341 e. The molecule has 1 heterocycles. The quantitative estimate of drug-likeness (QED) is 0.421. The van der Waals surface area contributed by atoms with E-state index in [9.17, 15) is 19.5 Å². The Morgan fingerprint density at radius 3 is 2.12 bits per heavy atom. The fourth-order valence-corrected chi connectivity index (χ4v) is 5.11. The van der Waals surface area contributed by atoms with Crippen molar-refractivity contribution in [1.82, 2.24) is 0 Å². The third kappa shape index (κ3) is 5.19. The first-order valence-electron chi connectivity index (χ1n) is 10.9. The van der Waals surface area contributed by atoms with Gasteiger partial charge in [-0.25, -0.2) is 4.79 Å². The van der Waals surface area contributed by atoms with Gasteiger partial charge < -0.3 is 15.2 Å². The summed E-state index contributed by atoms with van der Waals surface area (Å²) in [6.07, 6.45) is 0.730. The Balaban J connectivity index is 1.94. The fourth-order valence-electron chi connectivity index (χ4n) is 4.15. The molecule has 0 bridgehead atoms. The summed E-state index contributed by atoms with van der Waals surface area (Å²) in [5, 5.41) is 14.7. The normalized spacial score (nSPS) is 18.7. The number of amides is 1. The molecule has 1 aliphatic carbocycles. The van der Waals surface area contributed by atoms with Crippen LogP contribution in [0.5, 0.6) is 0 Å². The molecule has 1 aromatic carbocycles. The first kappa shape index (κ1) is 24.7. The van der Waals surface area contributed by atoms with E-state index >= 15 is 0 Å². The van der Waals surface area contributed by atoms with Crippen molar-refractivity contribution in [3.8, 4) is 11.1 Å². The molecule has 0 spiro atoms. The van der Waals surface area contributed by atoms with Crippen LogP contribution in [-0.2, 0) is 19.7 Å². The summed E-state index contributed by atoms with van der Waals surface area (Å²) in [6, 6.07) is 7.98. The summed E-state index contributed by atoms with van der Waals surface area (Å²) in [5.41, 5.74) is 5.02. The first-order valence-corrected chi connectivity index (χ1v) is 11.8. The number of carbonyl (C=O) groups is 3. The minimum Gasteiger partial charge on any atom is -0.481 e. The van der Waals surface area contributed by atoms with Gasteiger partial charge in [0.25, 0.3) is 0 Å². The van der Waals surface area contributed by atoms with Crippen molar-refractivity contribution in [1.29, 1.82) is 0 Å². The number of carboxylic acid groups (broad SMARTS) is 1. The predicted molar refractivity (Wildman–Crippen MR) is 131 cm³/mol. The maximum atomic E-state index is 13.2. The van der Waals surface area contributed by atoms with Crippen molar-refractivity contribution in [3.05, 3.63) is 51.9 Å². The van der Waals surface area contributed by atoms with E-state index in [2.05, 4.69) is 26.1 Å². The lowest BCUT2D eigenvalue weighted by molar-refractivity contribution is -0.146. The van der Waals surface area contributed by atoms with Crippen molar-refractivity contribution in [3.63, 3.8) is 0 Å². The van der Waals surface area contributed by atoms with Crippen molar-refractivity contribution in [2.45, 2.75) is 52.9 Å². The number of carboxylic acids is 1. The molecule has 0 unspecified atom stereocenters. The Labute approximate surface area is 198 Å². The van der Waals surface area contributed by atoms with Crippen LogP contribution in [0, 0.1) is 11.8 Å². The number of hydrogen-bond donors (Lipinski definition) is 2. The Bertz CT molecular complexity index is 1100. The highest BCUT2D eigenvalue weighted by Crippen LogP contribution is 2.39. The van der Waals surface area contributed by atoms with Gasteiger partial charge in [-0.05, 0) is 43.2 Å². The minimum atomic E-state index is -0.985. The lowest BCUT2D eigenvalue weighted by atomic mass is 9.76. The molecule has 0 fully saturated rings. The Kier molecular flexibility index (Phi) is 7.12. The number of rotatable bonds is 5. The van der Waals surface area contributed by atoms with E-state index in [1.54, 1.807) is 0 Å². The van der Waals surface area contributed by atoms with Crippen molar-refractivity contribution in [2.24, 2.45) is 11.8 Å². The van der Waals surface area contributed by atoms with Crippen LogP contribution in [0.15, 0.2) is 40.8 Å². The van der Waals surface area contributed by atoms with E-state index in [1.165, 1.54) is 24.0 Å². The fraction of sp³-hybridized carbons (Fsp3) is 0.423. The predicted octanol–water partition coefficient (Wildman–Crippen LogP) is 5.88. The highest BCUT2D eigenvalue weighted by Gasteiger charge is 2.38. The second kappa shape index (κ2) is 9.51. The number of methoxy groups -OCH3 is 1. The highest BCUT2D eigenvalue weighted by atomic mass is 32.1. The Morgan fingerprint density at radius 1 is 1.03 bits per heavy atom. The molecule has 1 aliphatic rings. The lowest BCUT2D eigenvalue weighted by Gasteiger charge is -2.29. The summed E-state index contributed by atoms with van der Waals surface area (Å²) in [7, 11) is 1.30. The van der Waals surface area contributed by atoms with Gasteiger partial charge in [0.05, 0.1) is 18.9 Å². The van der Waals surface area contributed by atoms with Crippen LogP contribution in [-0.4, -0.2) is 30.1 Å². The summed E-state index contributed by atoms with van der Waals surface area (Å²) >= 11 is 1.24. The third-order valence-electron chi connectivity index (χ3n) is 6.40. The van der Waals surface area contributed by atoms with Crippen molar-refractivity contribution >= 4 is 34.2 Å². The van der Waals surface area contributed by atoms with Gasteiger partial charge in [-0.15, -0.1) is 11.3 Å². The molecule has 6 nitrogen and oxygen atoms in total. The van der Waals surface area contributed by atoms with Gasteiger partial charge in [0.15, 0.2) is 0 Å². The van der Waals surface area contributed by atoms with E-state index in [0.29, 0.717) is 23.4 Å². The average molecular weight is 470 g/mol. The van der Waals surface area contributed by atoms with Gasteiger partial charge in [-0.1, -0.05) is 56.2 Å². The van der Waals surface area contributed by atoms with E-state index in [4.69, 9.17) is 4.74 Å². The number of hydrogen-bond acceptors (Lipinski definition) is 5. The average Bonchev–Trinajstić information content (AvgIpc) is 3.17. The van der Waals surface area contributed by atoms with Gasteiger partial charge in [-0.2, -0.15) is 0 Å². The third-order valence-corrected chi connectivity index (χ3v) is 7.30. The van der Waals surface area contributed by atoms with E-state index in [1.807, 2.05) is 43.5 Å². The number of carbonyl (C=O) groups excluding carboxylic acids is 2. The van der Waals surface area contributed by atoms with E-state index < -0.39 is 29.7 Å². The smallest absolute Gasteiger partial charge is 0.341 e. The molecule has 2 atom stereocenters. The number of benzene rings is 1. The van der Waals surface area contributed by atoms with Crippen LogP contribution >= 0.6 is 11.3 Å². The zero-order valence-corrected chi connectivity index (χ0v) is 20.8. The summed E-state index contributed by atoms with van der Waals surface area (Å²) in [4.78, 5) is 37.6. The molecular weight excluding hydrogens is 438 g/mol. The van der Waals surface area contributed by atoms with Crippen molar-refractivity contribution in [2.75, 3.05) is 12.4 Å². The molecule has 0 saturated heterocycles. The summed E-state index contributed by atoms with van der Waals surface area (Å²) in [5.74, 6) is -3.42. The molecule has 0 radical (unpaired) electrons. The molecular formula is C26H31NO5S. The van der Waals surface area contributed by atoms with Gasteiger partial charge in [-0.3, -0.25) is 9.59 Å². The second-order valence-electron chi connectivity index (χ2n) is 9.68. The van der Waals surface area contributed by atoms with Gasteiger partial charge in [0.2, 0.25) is 5.91 Å². The van der Waals surface area contributed by atoms with Crippen LogP contribution in [0.4, 0.5) is 5.00 Å². The Morgan fingerprint density at radius 2 is 1.61 bits per heavy atom. The number of aliphatic carboxylic acids is 1. The van der Waals surface area contributed by atoms with Crippen LogP contribution in [0.2, 0.25) is 0 Å². The second-order valence-corrected chi connectivity index (χ2v) is 10.6. The summed E-state index contributed by atoms with van der Waals surface area (Å²) in [6.45, 7) is 10.2. The van der Waals surface area contributed by atoms with E-state index in [0.717, 1.165) is 16.7 Å². The largest absolute Gasteiger partial charge is 0.481 e. The highest BCUT2D eigenvalue weighted by molar-refractivity contribution is 7.15. The molecule has 7 heteroatoms. The topological polar surface area (TPSA) is 92.7 Å². The maximum absolute atomic E-state index is 13.2. The van der Waals surface area contributed by atoms with Crippen molar-refractivity contribution < 1.29 is 24.2 Å². The molecule has 1 amide bonds. The molecule has 0 aliphatic heterocycles. The van der Waals surface area contributed by atoms with Crippen LogP contribution in [0.3, 0.4) is 0 Å². The number of allylic oxidation sites excluding steroid dienone is 2. The SMILES string of the molecule is COC(=O)c1c(-c2ccc(C(C)(C)C)cc2)csc1NC(=O)[C@@H]1CC(C)=C(C)C[C@H]1C(=O)O. The standard InChI is InChI=1S/C26H31NO5S/c1-14-11-18(19(24(29)30)12-15(14)2)22(28)27-23-21(25(31)32-6)20(13-33-23)16-7-9-17(10-8-16)26(3,4)5/h7-10,13,18-19H,11-12H2,1-6H3,(H,27,28)(H,29,30)/t18-,19-/m1/s1. The zero-order valence-electron chi connectivity index (χ0n) is 19.9. The number of ether oxygens (including phenoxy) is 1. The molecule has 33 heavy (non-hydrogen) atoms. The molecule has 0 saturated carbocycles. The molecule has 176 valence electrons. The monoisotopic (exact) mass is 469 g/mol. The zero-order chi connectivity index (χ0) is 24.5. The van der Waals surface area contributed by atoms with E-state index in [-0.39, 0.29) is 11.0 Å². The molecule has 1 aromatic heterocycles. The lowest BCUT2D eigenvalue weighted by Crippen LogP contribution is -2.36. The van der Waals surface area contributed by atoms with Crippen LogP contribution in [0.1, 0.15) is 63.4 Å². The van der Waals surface area contributed by atoms with Crippen LogP contribution in [0.25, 0.3) is 11.1 Å². The molecule has 2 N–H and O–H groups in total. The van der Waals surface area contributed by atoms with Gasteiger partial charge >= 0.3 is 11.9 Å². The minimum absolute atomic E-state index is 0.00308. The number of anilines is 1. The summed E-state index contributed by atoms with van der Waals surface area (Å²) < 4.78 is 5.01. The molecule has 3 rings (SSSR count).